The molecule has 10 heteroatoms. The van der Waals surface area contributed by atoms with E-state index in [2.05, 4.69) is 15.3 Å². The molecule has 0 bridgehead atoms. The maximum Gasteiger partial charge on any atom is 0.433 e. The SMILES string of the molecule is O=C(Nc1ccc(Cl)nc1)c1cc2ccc(C(F)(F)F)nc2n1Cc1cccc(F)c1. The molecule has 0 atom stereocenters. The van der Waals surface area contributed by atoms with Gasteiger partial charge in [-0.25, -0.2) is 14.4 Å². The van der Waals surface area contributed by atoms with Crippen molar-refractivity contribution in [2.45, 2.75) is 12.7 Å². The highest BCUT2D eigenvalue weighted by Crippen LogP contribution is 2.30. The van der Waals surface area contributed by atoms with Crippen LogP contribution in [0, 0.1) is 5.82 Å². The average molecular weight is 449 g/mol. The van der Waals surface area contributed by atoms with Crippen molar-refractivity contribution in [2.24, 2.45) is 0 Å². The van der Waals surface area contributed by atoms with E-state index in [0.29, 0.717) is 16.6 Å². The molecule has 1 amide bonds. The molecule has 0 saturated carbocycles. The number of hydrogen-bond acceptors (Lipinski definition) is 3. The van der Waals surface area contributed by atoms with E-state index < -0.39 is 23.6 Å². The Morgan fingerprint density at radius 1 is 1.10 bits per heavy atom. The predicted octanol–water partition coefficient (Wildman–Crippen LogP) is 5.54. The number of carbonyl (C=O) groups is 1. The number of hydrogen-bond donors (Lipinski definition) is 1. The standard InChI is InChI=1S/C21H13ClF4N4O/c22-18-7-5-15(10-27-18)28-20(31)16-9-13-4-6-17(21(24,25)26)29-19(13)30(16)11-12-2-1-3-14(23)8-12/h1-10H,11H2,(H,28,31). The average Bonchev–Trinajstić information content (AvgIpc) is 3.07. The summed E-state index contributed by atoms with van der Waals surface area (Å²) >= 11 is 5.74. The van der Waals surface area contributed by atoms with E-state index in [1.807, 2.05) is 0 Å². The number of carbonyl (C=O) groups excluding carboxylic acids is 1. The summed E-state index contributed by atoms with van der Waals surface area (Å²) in [5, 5.41) is 3.20. The van der Waals surface area contributed by atoms with Gasteiger partial charge in [-0.1, -0.05) is 23.7 Å². The zero-order valence-electron chi connectivity index (χ0n) is 15.6. The molecule has 5 nitrogen and oxygen atoms in total. The Hall–Kier alpha value is -3.46. The van der Waals surface area contributed by atoms with Crippen LogP contribution in [0.1, 0.15) is 21.7 Å². The molecule has 4 aromatic rings. The van der Waals surface area contributed by atoms with Crippen LogP contribution < -0.4 is 5.32 Å². The number of halogens is 5. The van der Waals surface area contributed by atoms with Crippen LogP contribution in [0.25, 0.3) is 11.0 Å². The van der Waals surface area contributed by atoms with Gasteiger partial charge in [-0.3, -0.25) is 4.79 Å². The summed E-state index contributed by atoms with van der Waals surface area (Å²) in [5.41, 5.74) is -0.272. The molecule has 1 N–H and O–H groups in total. The molecule has 0 aliphatic heterocycles. The number of anilines is 1. The minimum atomic E-state index is -4.65. The molecule has 4 rings (SSSR count). The van der Waals surface area contributed by atoms with Crippen LogP contribution >= 0.6 is 11.6 Å². The number of benzene rings is 1. The summed E-state index contributed by atoms with van der Waals surface area (Å²) in [6, 6.07) is 12.1. The maximum absolute atomic E-state index is 13.6. The van der Waals surface area contributed by atoms with Crippen molar-refractivity contribution in [1.82, 2.24) is 14.5 Å². The number of nitrogens with one attached hydrogen (secondary N) is 1. The molecule has 0 aliphatic carbocycles. The van der Waals surface area contributed by atoms with Gasteiger partial charge in [0.25, 0.3) is 5.91 Å². The third-order valence-electron chi connectivity index (χ3n) is 4.48. The van der Waals surface area contributed by atoms with Crippen molar-refractivity contribution in [3.63, 3.8) is 0 Å². The second-order valence-corrected chi connectivity index (χ2v) is 7.06. The molecule has 0 saturated heterocycles. The van der Waals surface area contributed by atoms with Gasteiger partial charge in [0.2, 0.25) is 0 Å². The minimum absolute atomic E-state index is 0.0431. The summed E-state index contributed by atoms with van der Waals surface area (Å²) in [6.07, 6.45) is -3.31. The molecule has 0 fully saturated rings. The molecule has 0 radical (unpaired) electrons. The summed E-state index contributed by atoms with van der Waals surface area (Å²) in [6.45, 7) is -0.0583. The van der Waals surface area contributed by atoms with Crippen LogP contribution in [-0.4, -0.2) is 20.4 Å². The molecule has 3 heterocycles. The molecule has 0 aliphatic rings. The van der Waals surface area contributed by atoms with Gasteiger partial charge in [0, 0.05) is 11.9 Å². The van der Waals surface area contributed by atoms with E-state index in [0.717, 1.165) is 6.07 Å². The third kappa shape index (κ3) is 4.51. The fraction of sp³-hybridized carbons (Fsp3) is 0.0952. The van der Waals surface area contributed by atoms with Crippen LogP contribution in [0.3, 0.4) is 0 Å². The summed E-state index contributed by atoms with van der Waals surface area (Å²) < 4.78 is 54.5. The smallest absolute Gasteiger partial charge is 0.319 e. The normalized spacial score (nSPS) is 11.6. The van der Waals surface area contributed by atoms with Gasteiger partial charge in [-0.05, 0) is 48.0 Å². The lowest BCUT2D eigenvalue weighted by molar-refractivity contribution is -0.141. The second kappa shape index (κ2) is 7.99. The Morgan fingerprint density at radius 2 is 1.90 bits per heavy atom. The first-order valence-electron chi connectivity index (χ1n) is 8.95. The Kier molecular flexibility index (Phi) is 5.36. The van der Waals surface area contributed by atoms with E-state index >= 15 is 0 Å². The third-order valence-corrected chi connectivity index (χ3v) is 4.71. The Bertz CT molecular complexity index is 1270. The van der Waals surface area contributed by atoms with E-state index in [9.17, 15) is 22.4 Å². The Labute approximate surface area is 178 Å². The van der Waals surface area contributed by atoms with Gasteiger partial charge in [-0.15, -0.1) is 0 Å². The highest BCUT2D eigenvalue weighted by molar-refractivity contribution is 6.29. The Morgan fingerprint density at radius 3 is 2.58 bits per heavy atom. The van der Waals surface area contributed by atoms with Crippen molar-refractivity contribution in [2.75, 3.05) is 5.32 Å². The van der Waals surface area contributed by atoms with E-state index in [1.54, 1.807) is 6.07 Å². The van der Waals surface area contributed by atoms with Gasteiger partial charge < -0.3 is 9.88 Å². The molecule has 158 valence electrons. The van der Waals surface area contributed by atoms with Gasteiger partial charge in [-0.2, -0.15) is 13.2 Å². The number of rotatable bonds is 4. The first-order chi connectivity index (χ1) is 14.7. The number of fused-ring (bicyclic) bond motifs is 1. The van der Waals surface area contributed by atoms with Crippen molar-refractivity contribution in [3.05, 3.63) is 88.7 Å². The zero-order valence-corrected chi connectivity index (χ0v) is 16.4. The highest BCUT2D eigenvalue weighted by atomic mass is 35.5. The lowest BCUT2D eigenvalue weighted by atomic mass is 10.2. The Balaban J connectivity index is 1.80. The summed E-state index contributed by atoms with van der Waals surface area (Å²) in [4.78, 5) is 20.5. The first-order valence-corrected chi connectivity index (χ1v) is 9.33. The van der Waals surface area contributed by atoms with Gasteiger partial charge in [0.1, 0.15) is 28.0 Å². The van der Waals surface area contributed by atoms with Crippen LogP contribution in [0.2, 0.25) is 5.15 Å². The molecule has 0 spiro atoms. The predicted molar refractivity (Wildman–Crippen MR) is 107 cm³/mol. The van der Waals surface area contributed by atoms with Crippen LogP contribution in [0.4, 0.5) is 23.2 Å². The largest absolute Gasteiger partial charge is 0.433 e. The number of alkyl halides is 3. The monoisotopic (exact) mass is 448 g/mol. The van der Waals surface area contributed by atoms with Crippen molar-refractivity contribution >= 4 is 34.2 Å². The van der Waals surface area contributed by atoms with Gasteiger partial charge in [0.05, 0.1) is 11.9 Å². The minimum Gasteiger partial charge on any atom is -0.319 e. The molecule has 0 unspecified atom stereocenters. The van der Waals surface area contributed by atoms with Crippen LogP contribution in [0.15, 0.2) is 60.8 Å². The van der Waals surface area contributed by atoms with Crippen LogP contribution in [0.5, 0.6) is 0 Å². The number of pyridine rings is 2. The molecular weight excluding hydrogens is 436 g/mol. The molecule has 31 heavy (non-hydrogen) atoms. The van der Waals surface area contributed by atoms with Crippen LogP contribution in [-0.2, 0) is 12.7 Å². The van der Waals surface area contributed by atoms with Gasteiger partial charge >= 0.3 is 6.18 Å². The van der Waals surface area contributed by atoms with Gasteiger partial charge in [0.15, 0.2) is 0 Å². The number of nitrogens with zero attached hydrogens (tertiary/aromatic N) is 3. The van der Waals surface area contributed by atoms with Crippen molar-refractivity contribution < 1.29 is 22.4 Å². The highest BCUT2D eigenvalue weighted by Gasteiger charge is 2.33. The fourth-order valence-corrected chi connectivity index (χ4v) is 3.21. The summed E-state index contributed by atoms with van der Waals surface area (Å²) in [7, 11) is 0. The fourth-order valence-electron chi connectivity index (χ4n) is 3.10. The van der Waals surface area contributed by atoms with Crippen molar-refractivity contribution in [3.8, 4) is 0 Å². The zero-order chi connectivity index (χ0) is 22.2. The molecule has 1 aromatic carbocycles. The van der Waals surface area contributed by atoms with E-state index in [1.165, 1.54) is 53.2 Å². The topological polar surface area (TPSA) is 59.8 Å². The summed E-state index contributed by atoms with van der Waals surface area (Å²) in [5.74, 6) is -1.09. The molecular formula is C21H13ClF4N4O. The number of amides is 1. The maximum atomic E-state index is 13.6. The lowest BCUT2D eigenvalue weighted by Crippen LogP contribution is -2.18. The quantitative estimate of drug-likeness (QED) is 0.329. The van der Waals surface area contributed by atoms with Crippen molar-refractivity contribution in [1.29, 1.82) is 0 Å². The second-order valence-electron chi connectivity index (χ2n) is 6.68. The van der Waals surface area contributed by atoms with E-state index in [-0.39, 0.29) is 23.0 Å². The number of aromatic nitrogens is 3. The first kappa shape index (κ1) is 20.8. The van der Waals surface area contributed by atoms with E-state index in [4.69, 9.17) is 11.6 Å². The molecule has 3 aromatic heterocycles. The lowest BCUT2D eigenvalue weighted by Gasteiger charge is -2.12.